The summed E-state index contributed by atoms with van der Waals surface area (Å²) in [6, 6.07) is -0.701. The molecule has 0 saturated carbocycles. The van der Waals surface area contributed by atoms with E-state index in [9.17, 15) is 14.4 Å². The number of imide groups is 1. The van der Waals surface area contributed by atoms with E-state index in [0.29, 0.717) is 23.2 Å². The van der Waals surface area contributed by atoms with Gasteiger partial charge < -0.3 is 0 Å². The van der Waals surface area contributed by atoms with Crippen molar-refractivity contribution in [1.82, 2.24) is 10.2 Å². The fraction of sp³-hybridized carbons (Fsp3) is 0.438. The minimum atomic E-state index is -0.859. The Morgan fingerprint density at radius 3 is 2.55 bits per heavy atom. The van der Waals surface area contributed by atoms with Gasteiger partial charge in [0.1, 0.15) is 13.9 Å². The van der Waals surface area contributed by atoms with Crippen molar-refractivity contribution in [3.05, 3.63) is 35.5 Å². The Morgan fingerprint density at radius 2 is 2.05 bits per heavy atom. The van der Waals surface area contributed by atoms with Gasteiger partial charge in [0.25, 0.3) is 0 Å². The molecule has 1 fully saturated rings. The van der Waals surface area contributed by atoms with E-state index in [1.54, 1.807) is 26.0 Å². The van der Waals surface area contributed by atoms with Crippen molar-refractivity contribution in [2.24, 2.45) is 5.41 Å². The molecule has 5 nitrogen and oxygen atoms in total. The van der Waals surface area contributed by atoms with Gasteiger partial charge in [0, 0.05) is 12.1 Å². The fourth-order valence-corrected chi connectivity index (χ4v) is 3.08. The van der Waals surface area contributed by atoms with Gasteiger partial charge in [-0.05, 0) is 38.8 Å². The van der Waals surface area contributed by atoms with Crippen LogP contribution in [0.15, 0.2) is 35.5 Å². The van der Waals surface area contributed by atoms with Gasteiger partial charge >= 0.3 is 0 Å². The van der Waals surface area contributed by atoms with Crippen LogP contribution in [0.4, 0.5) is 0 Å². The molecule has 1 N–H and O–H groups in total. The van der Waals surface area contributed by atoms with Crippen LogP contribution in [-0.2, 0) is 14.4 Å². The first-order chi connectivity index (χ1) is 10.2. The largest absolute Gasteiger partial charge is 0.299 e. The van der Waals surface area contributed by atoms with Crippen LogP contribution in [-0.4, -0.2) is 36.5 Å². The van der Waals surface area contributed by atoms with E-state index in [0.717, 1.165) is 0 Å². The zero-order chi connectivity index (χ0) is 16.7. The molecule has 1 unspecified atom stereocenters. The minimum Gasteiger partial charge on any atom is -0.299 e. The van der Waals surface area contributed by atoms with Crippen LogP contribution in [0.25, 0.3) is 0 Å². The molecule has 0 aliphatic carbocycles. The molecule has 3 amide bonds. The highest BCUT2D eigenvalue weighted by Gasteiger charge is 2.49. The second-order valence-corrected chi connectivity index (χ2v) is 6.05. The summed E-state index contributed by atoms with van der Waals surface area (Å²) in [5.41, 5.74) is 0.656. The molecular weight excluding hydrogens is 279 g/mol. The van der Waals surface area contributed by atoms with Gasteiger partial charge in [0.05, 0.1) is 5.41 Å². The van der Waals surface area contributed by atoms with Gasteiger partial charge in [0.2, 0.25) is 17.7 Å². The van der Waals surface area contributed by atoms with Crippen molar-refractivity contribution in [3.8, 4) is 0 Å². The predicted octanol–water partition coefficient (Wildman–Crippen LogP) is 1.17. The summed E-state index contributed by atoms with van der Waals surface area (Å²) in [6.45, 7) is 9.11. The molecule has 0 spiro atoms. The third kappa shape index (κ3) is 2.43. The van der Waals surface area contributed by atoms with E-state index in [4.69, 9.17) is 7.85 Å². The molecule has 0 aromatic rings. The fourth-order valence-electron chi connectivity index (χ4n) is 3.08. The van der Waals surface area contributed by atoms with E-state index in [1.165, 1.54) is 4.90 Å². The molecule has 2 aliphatic rings. The number of hydrogen-bond donors (Lipinski definition) is 1. The number of nitrogens with one attached hydrogen (secondary N) is 1. The summed E-state index contributed by atoms with van der Waals surface area (Å²) in [7, 11) is 5.88. The van der Waals surface area contributed by atoms with Crippen LogP contribution in [0.2, 0.25) is 0 Å². The Bertz CT molecular complexity index is 631. The number of piperidine rings is 1. The lowest BCUT2D eigenvalue weighted by Gasteiger charge is -2.32. The lowest BCUT2D eigenvalue weighted by Crippen LogP contribution is -2.53. The second kappa shape index (κ2) is 5.59. The van der Waals surface area contributed by atoms with E-state index < -0.39 is 17.4 Å². The van der Waals surface area contributed by atoms with Gasteiger partial charge in [-0.25, -0.2) is 0 Å². The average Bonchev–Trinajstić information content (AvgIpc) is 2.59. The smallest absolute Gasteiger partial charge is 0.249 e. The Balaban J connectivity index is 2.54. The molecule has 0 aromatic carbocycles. The van der Waals surface area contributed by atoms with Crippen LogP contribution < -0.4 is 5.32 Å². The Morgan fingerprint density at radius 1 is 1.41 bits per heavy atom. The summed E-state index contributed by atoms with van der Waals surface area (Å²) in [6.07, 6.45) is 4.05. The molecule has 114 valence electrons. The zero-order valence-corrected chi connectivity index (χ0v) is 13.1. The third-order valence-electron chi connectivity index (χ3n) is 4.06. The lowest BCUT2D eigenvalue weighted by molar-refractivity contribution is -0.145. The van der Waals surface area contributed by atoms with Crippen LogP contribution >= 0.6 is 0 Å². The second-order valence-electron chi connectivity index (χ2n) is 6.05. The zero-order valence-electron chi connectivity index (χ0n) is 13.1. The molecular formula is C16H19BN2O3. The van der Waals surface area contributed by atoms with Crippen LogP contribution in [0.5, 0.6) is 0 Å². The van der Waals surface area contributed by atoms with Crippen molar-refractivity contribution >= 4 is 25.6 Å². The Labute approximate surface area is 131 Å². The minimum absolute atomic E-state index is 0.211. The summed E-state index contributed by atoms with van der Waals surface area (Å²) in [4.78, 5) is 37.8. The van der Waals surface area contributed by atoms with E-state index in [2.05, 4.69) is 11.9 Å². The van der Waals surface area contributed by atoms with Crippen molar-refractivity contribution in [1.29, 1.82) is 0 Å². The van der Waals surface area contributed by atoms with Crippen LogP contribution in [0.1, 0.15) is 33.6 Å². The highest BCUT2D eigenvalue weighted by Crippen LogP contribution is 2.44. The van der Waals surface area contributed by atoms with Gasteiger partial charge in [-0.3, -0.25) is 24.6 Å². The van der Waals surface area contributed by atoms with E-state index in [1.807, 2.05) is 6.92 Å². The number of carbonyl (C=O) groups is 3. The quantitative estimate of drug-likeness (QED) is 0.628. The van der Waals surface area contributed by atoms with Crippen molar-refractivity contribution in [2.75, 3.05) is 0 Å². The highest BCUT2D eigenvalue weighted by molar-refractivity contribution is 6.25. The first-order valence-corrected chi connectivity index (χ1v) is 7.21. The molecule has 2 radical (unpaired) electrons. The van der Waals surface area contributed by atoms with E-state index >= 15 is 0 Å². The maximum Gasteiger partial charge on any atom is 0.249 e. The number of allylic oxidation sites excluding steroid dienone is 3. The molecule has 6 heteroatoms. The van der Waals surface area contributed by atoms with Gasteiger partial charge in [0.15, 0.2) is 0 Å². The predicted molar refractivity (Wildman–Crippen MR) is 83.5 cm³/mol. The first-order valence-electron chi connectivity index (χ1n) is 7.21. The third-order valence-corrected chi connectivity index (χ3v) is 4.06. The topological polar surface area (TPSA) is 66.5 Å². The first kappa shape index (κ1) is 16.3. The maximum absolute atomic E-state index is 12.8. The number of rotatable bonds is 3. The molecule has 0 aromatic heterocycles. The summed E-state index contributed by atoms with van der Waals surface area (Å²) in [5.74, 6) is -0.977. The molecule has 2 heterocycles. The van der Waals surface area contributed by atoms with Crippen molar-refractivity contribution in [2.45, 2.75) is 39.7 Å². The molecule has 1 atom stereocenters. The monoisotopic (exact) mass is 298 g/mol. The number of amides is 3. The molecule has 22 heavy (non-hydrogen) atoms. The molecule has 2 aliphatic heterocycles. The maximum atomic E-state index is 12.8. The van der Waals surface area contributed by atoms with E-state index in [-0.39, 0.29) is 18.2 Å². The van der Waals surface area contributed by atoms with Crippen molar-refractivity contribution in [3.63, 3.8) is 0 Å². The number of carbonyl (C=O) groups excluding carboxylic acids is 3. The van der Waals surface area contributed by atoms with Crippen molar-refractivity contribution < 1.29 is 14.4 Å². The molecule has 0 bridgehead atoms. The standard InChI is InChI=1S/C16H19BN2O3/c1-5-6-10-13(9(2)17)16(3,4)15(22)19(10)11-7-8-12(20)18-14(11)21/h5-6,11H,2,7-8H2,1,3-4H3,(H,18,20,21)/b6-5-. The molecule has 2 rings (SSSR count). The SMILES string of the molecule is [B]C(=C)C1=C(/C=C\C)N(C2CCC(=O)NC2=O)C(=O)C1(C)C. The van der Waals surface area contributed by atoms with Crippen LogP contribution in [0, 0.1) is 5.41 Å². The normalized spacial score (nSPS) is 25.1. The number of hydrogen-bond acceptors (Lipinski definition) is 3. The number of nitrogens with zero attached hydrogens (tertiary/aromatic N) is 1. The van der Waals surface area contributed by atoms with Crippen LogP contribution in [0.3, 0.4) is 0 Å². The highest BCUT2D eigenvalue weighted by atomic mass is 16.2. The van der Waals surface area contributed by atoms with Gasteiger partial charge in [-0.15, -0.1) is 6.58 Å². The summed E-state index contributed by atoms with van der Waals surface area (Å²) < 4.78 is 0. The van der Waals surface area contributed by atoms with Gasteiger partial charge in [-0.1, -0.05) is 11.5 Å². The van der Waals surface area contributed by atoms with Gasteiger partial charge in [-0.2, -0.15) is 0 Å². The summed E-state index contributed by atoms with van der Waals surface area (Å²) in [5, 5.41) is 2.29. The lowest BCUT2D eigenvalue weighted by atomic mass is 9.75. The average molecular weight is 298 g/mol. The Kier molecular flexibility index (Phi) is 4.14. The molecule has 1 saturated heterocycles. The summed E-state index contributed by atoms with van der Waals surface area (Å²) >= 11 is 0. The Hall–Kier alpha value is -2.11.